The first-order chi connectivity index (χ1) is 13.2. The SMILES string of the molecule is CS(=O)(=O)N1CCc2c(cccc2NC(=O)NCCc2ccc(F)cc2F)C1. The molecule has 2 N–H and O–H groups in total. The minimum Gasteiger partial charge on any atom is -0.338 e. The summed E-state index contributed by atoms with van der Waals surface area (Å²) in [6.45, 7) is 0.816. The van der Waals surface area contributed by atoms with Crippen LogP contribution in [0.5, 0.6) is 0 Å². The zero-order valence-corrected chi connectivity index (χ0v) is 16.2. The zero-order valence-electron chi connectivity index (χ0n) is 15.3. The first-order valence-corrected chi connectivity index (χ1v) is 10.6. The molecule has 0 aliphatic carbocycles. The van der Waals surface area contributed by atoms with Gasteiger partial charge in [0.1, 0.15) is 11.6 Å². The van der Waals surface area contributed by atoms with E-state index in [1.165, 1.54) is 22.7 Å². The highest BCUT2D eigenvalue weighted by Crippen LogP contribution is 2.27. The van der Waals surface area contributed by atoms with Gasteiger partial charge in [-0.2, -0.15) is 4.31 Å². The number of nitrogens with zero attached hydrogens (tertiary/aromatic N) is 1. The lowest BCUT2D eigenvalue weighted by molar-refractivity contribution is 0.252. The molecule has 1 aliphatic heterocycles. The van der Waals surface area contributed by atoms with Crippen LogP contribution < -0.4 is 10.6 Å². The van der Waals surface area contributed by atoms with Crippen molar-refractivity contribution >= 4 is 21.7 Å². The van der Waals surface area contributed by atoms with E-state index in [9.17, 15) is 22.0 Å². The first-order valence-electron chi connectivity index (χ1n) is 8.78. The largest absolute Gasteiger partial charge is 0.338 e. The Labute approximate surface area is 162 Å². The van der Waals surface area contributed by atoms with Gasteiger partial charge in [-0.05, 0) is 41.7 Å². The molecule has 0 unspecified atom stereocenters. The smallest absolute Gasteiger partial charge is 0.319 e. The van der Waals surface area contributed by atoms with Crippen LogP contribution in [0.15, 0.2) is 36.4 Å². The second kappa shape index (κ2) is 8.24. The number of fused-ring (bicyclic) bond motifs is 1. The molecule has 6 nitrogen and oxygen atoms in total. The van der Waals surface area contributed by atoms with Gasteiger partial charge < -0.3 is 10.6 Å². The Balaban J connectivity index is 1.59. The number of nitrogens with one attached hydrogen (secondary N) is 2. The molecule has 3 rings (SSSR count). The van der Waals surface area contributed by atoms with E-state index < -0.39 is 27.7 Å². The molecule has 9 heteroatoms. The molecule has 0 fully saturated rings. The highest BCUT2D eigenvalue weighted by molar-refractivity contribution is 7.88. The Hall–Kier alpha value is -2.52. The van der Waals surface area contributed by atoms with E-state index >= 15 is 0 Å². The van der Waals surface area contributed by atoms with Gasteiger partial charge in [-0.1, -0.05) is 18.2 Å². The fraction of sp³-hybridized carbons (Fsp3) is 0.316. The van der Waals surface area contributed by atoms with Gasteiger partial charge in [0.2, 0.25) is 10.0 Å². The van der Waals surface area contributed by atoms with Crippen molar-refractivity contribution in [3.05, 3.63) is 64.7 Å². The van der Waals surface area contributed by atoms with Crippen molar-refractivity contribution in [1.82, 2.24) is 9.62 Å². The van der Waals surface area contributed by atoms with E-state index in [1.807, 2.05) is 6.07 Å². The van der Waals surface area contributed by atoms with Gasteiger partial charge in [0.05, 0.1) is 6.26 Å². The molecular weight excluding hydrogens is 388 g/mol. The van der Waals surface area contributed by atoms with E-state index in [2.05, 4.69) is 10.6 Å². The molecule has 1 heterocycles. The fourth-order valence-electron chi connectivity index (χ4n) is 3.19. The topological polar surface area (TPSA) is 78.5 Å². The van der Waals surface area contributed by atoms with Gasteiger partial charge >= 0.3 is 6.03 Å². The lowest BCUT2D eigenvalue weighted by atomic mass is 9.99. The molecule has 28 heavy (non-hydrogen) atoms. The average Bonchev–Trinajstić information content (AvgIpc) is 2.62. The Morgan fingerprint density at radius 1 is 1.21 bits per heavy atom. The highest BCUT2D eigenvalue weighted by Gasteiger charge is 2.24. The monoisotopic (exact) mass is 409 g/mol. The van der Waals surface area contributed by atoms with E-state index in [0.717, 1.165) is 17.2 Å². The maximum Gasteiger partial charge on any atom is 0.319 e. The van der Waals surface area contributed by atoms with Crippen LogP contribution in [0, 0.1) is 11.6 Å². The third-order valence-corrected chi connectivity index (χ3v) is 5.89. The number of halogens is 2. The molecule has 1 aliphatic rings. The van der Waals surface area contributed by atoms with Crippen molar-refractivity contribution in [2.24, 2.45) is 0 Å². The molecule has 0 saturated heterocycles. The number of rotatable bonds is 5. The van der Waals surface area contributed by atoms with Crippen molar-refractivity contribution in [1.29, 1.82) is 0 Å². The zero-order chi connectivity index (χ0) is 20.3. The van der Waals surface area contributed by atoms with Crippen LogP contribution in [0.4, 0.5) is 19.3 Å². The average molecular weight is 409 g/mol. The van der Waals surface area contributed by atoms with E-state index in [4.69, 9.17) is 0 Å². The summed E-state index contributed by atoms with van der Waals surface area (Å²) in [7, 11) is -3.27. The summed E-state index contributed by atoms with van der Waals surface area (Å²) in [6, 6.07) is 8.25. The van der Waals surface area contributed by atoms with Crippen LogP contribution in [0.3, 0.4) is 0 Å². The molecule has 0 bridgehead atoms. The second-order valence-electron chi connectivity index (χ2n) is 6.66. The van der Waals surface area contributed by atoms with Crippen LogP contribution >= 0.6 is 0 Å². The standard InChI is InChI=1S/C19H21F2N3O3S/c1-28(26,27)24-10-8-16-14(12-24)3-2-4-18(16)23-19(25)22-9-7-13-5-6-15(20)11-17(13)21/h2-6,11H,7-10,12H2,1H3,(H2,22,23,25). The number of benzene rings is 2. The molecule has 0 saturated carbocycles. The van der Waals surface area contributed by atoms with Crippen molar-refractivity contribution in [2.45, 2.75) is 19.4 Å². The predicted octanol–water partition coefficient (Wildman–Crippen LogP) is 2.65. The van der Waals surface area contributed by atoms with Crippen LogP contribution in [0.25, 0.3) is 0 Å². The Morgan fingerprint density at radius 2 is 2.00 bits per heavy atom. The third-order valence-electron chi connectivity index (χ3n) is 4.64. The summed E-state index contributed by atoms with van der Waals surface area (Å²) in [6.07, 6.45) is 1.91. The third kappa shape index (κ3) is 4.85. The number of anilines is 1. The number of sulfonamides is 1. The minimum atomic E-state index is -3.27. The maximum atomic E-state index is 13.6. The summed E-state index contributed by atoms with van der Waals surface area (Å²) in [5.41, 5.74) is 2.70. The van der Waals surface area contributed by atoms with Gasteiger partial charge in [0, 0.05) is 31.4 Å². The molecule has 2 aromatic rings. The quantitative estimate of drug-likeness (QED) is 0.797. The van der Waals surface area contributed by atoms with Crippen LogP contribution in [0.1, 0.15) is 16.7 Å². The summed E-state index contributed by atoms with van der Waals surface area (Å²) >= 11 is 0. The fourth-order valence-corrected chi connectivity index (χ4v) is 3.98. The summed E-state index contributed by atoms with van der Waals surface area (Å²) in [5, 5.41) is 5.41. The van der Waals surface area contributed by atoms with Crippen LogP contribution in [-0.2, 0) is 29.4 Å². The van der Waals surface area contributed by atoms with E-state index in [-0.39, 0.29) is 19.5 Å². The summed E-state index contributed by atoms with van der Waals surface area (Å²) in [5.74, 6) is -1.29. The van der Waals surface area contributed by atoms with Crippen molar-refractivity contribution in [3.63, 3.8) is 0 Å². The Morgan fingerprint density at radius 3 is 2.71 bits per heavy atom. The Bertz CT molecular complexity index is 996. The van der Waals surface area contributed by atoms with Gasteiger partial charge in [0.25, 0.3) is 0 Å². The van der Waals surface area contributed by atoms with Gasteiger partial charge in [-0.15, -0.1) is 0 Å². The second-order valence-corrected chi connectivity index (χ2v) is 8.64. The first kappa shape index (κ1) is 20.2. The molecule has 0 aromatic heterocycles. The molecule has 150 valence electrons. The number of carbonyl (C=O) groups is 1. The van der Waals surface area contributed by atoms with Crippen LogP contribution in [-0.4, -0.2) is 38.1 Å². The number of hydrogen-bond donors (Lipinski definition) is 2. The van der Waals surface area contributed by atoms with Gasteiger partial charge in [-0.3, -0.25) is 0 Å². The van der Waals surface area contributed by atoms with E-state index in [0.29, 0.717) is 24.2 Å². The van der Waals surface area contributed by atoms with Gasteiger partial charge in [-0.25, -0.2) is 22.0 Å². The van der Waals surface area contributed by atoms with Gasteiger partial charge in [0.15, 0.2) is 0 Å². The predicted molar refractivity (Wildman–Crippen MR) is 102 cm³/mol. The molecule has 0 atom stereocenters. The molecular formula is C19H21F2N3O3S. The highest BCUT2D eigenvalue weighted by atomic mass is 32.2. The lowest BCUT2D eigenvalue weighted by Crippen LogP contribution is -2.36. The molecule has 0 radical (unpaired) electrons. The number of amides is 2. The number of carbonyl (C=O) groups excluding carboxylic acids is 1. The number of hydrogen-bond acceptors (Lipinski definition) is 3. The van der Waals surface area contributed by atoms with Crippen LogP contribution in [0.2, 0.25) is 0 Å². The summed E-state index contributed by atoms with van der Waals surface area (Å²) < 4.78 is 51.4. The lowest BCUT2D eigenvalue weighted by Gasteiger charge is -2.28. The number of urea groups is 1. The molecule has 0 spiro atoms. The molecule has 2 amide bonds. The van der Waals surface area contributed by atoms with Crippen molar-refractivity contribution < 1.29 is 22.0 Å². The van der Waals surface area contributed by atoms with E-state index in [1.54, 1.807) is 12.1 Å². The normalized spacial score (nSPS) is 14.4. The Kier molecular flexibility index (Phi) is 5.95. The maximum absolute atomic E-state index is 13.6. The van der Waals surface area contributed by atoms with Crippen molar-refractivity contribution in [3.8, 4) is 0 Å². The summed E-state index contributed by atoms with van der Waals surface area (Å²) in [4.78, 5) is 12.2. The van der Waals surface area contributed by atoms with Crippen molar-refractivity contribution in [2.75, 3.05) is 24.7 Å². The molecule has 2 aromatic carbocycles. The minimum absolute atomic E-state index is 0.186.